The monoisotopic (exact) mass is 343 g/mol. The lowest BCUT2D eigenvalue weighted by molar-refractivity contribution is -0.118. The summed E-state index contributed by atoms with van der Waals surface area (Å²) in [6.07, 6.45) is 1.53. The largest absolute Gasteiger partial charge is 0.508 e. The zero-order valence-electron chi connectivity index (χ0n) is 12.0. The van der Waals surface area contributed by atoms with Crippen molar-refractivity contribution in [2.75, 3.05) is 5.75 Å². The molecule has 0 aliphatic carbocycles. The van der Waals surface area contributed by atoms with E-state index >= 15 is 0 Å². The first-order valence-corrected chi connectivity index (χ1v) is 8.60. The number of thioether (sulfide) groups is 1. The van der Waals surface area contributed by atoms with Crippen molar-refractivity contribution in [1.29, 1.82) is 0 Å². The Hall–Kier alpha value is -2.38. The molecule has 2 aromatic carbocycles. The van der Waals surface area contributed by atoms with Gasteiger partial charge in [0.2, 0.25) is 0 Å². The second-order valence-corrected chi connectivity index (χ2v) is 6.87. The van der Waals surface area contributed by atoms with E-state index in [1.807, 2.05) is 24.3 Å². The van der Waals surface area contributed by atoms with E-state index in [4.69, 9.17) is 0 Å². The minimum atomic E-state index is -0.190. The van der Waals surface area contributed by atoms with Crippen LogP contribution >= 0.6 is 23.1 Å². The molecule has 0 radical (unpaired) electrons. The number of aromatic hydroxyl groups is 1. The van der Waals surface area contributed by atoms with Gasteiger partial charge in [-0.3, -0.25) is 4.79 Å². The highest BCUT2D eigenvalue weighted by Gasteiger charge is 2.06. The number of thiazole rings is 1. The summed E-state index contributed by atoms with van der Waals surface area (Å²) in [6, 6.07) is 14.4. The van der Waals surface area contributed by atoms with Crippen LogP contribution in [0.5, 0.6) is 5.75 Å². The Morgan fingerprint density at radius 2 is 2.04 bits per heavy atom. The number of hydrogen-bond acceptors (Lipinski definition) is 6. The number of hydrazone groups is 1. The number of phenols is 1. The number of amides is 1. The first-order chi connectivity index (χ1) is 11.2. The molecule has 2 N–H and O–H groups in total. The number of hydrogen-bond donors (Lipinski definition) is 2. The van der Waals surface area contributed by atoms with Crippen LogP contribution in [-0.4, -0.2) is 28.0 Å². The molecule has 0 unspecified atom stereocenters. The number of phenolic OH excluding ortho intramolecular Hbond substituents is 1. The first-order valence-electron chi connectivity index (χ1n) is 6.80. The van der Waals surface area contributed by atoms with E-state index < -0.39 is 0 Å². The molecule has 0 saturated carbocycles. The summed E-state index contributed by atoms with van der Waals surface area (Å²) in [6.45, 7) is 0. The molecular weight excluding hydrogens is 330 g/mol. The average Bonchev–Trinajstić information content (AvgIpc) is 2.98. The van der Waals surface area contributed by atoms with Crippen molar-refractivity contribution in [1.82, 2.24) is 10.4 Å². The van der Waals surface area contributed by atoms with Gasteiger partial charge in [0.15, 0.2) is 4.34 Å². The summed E-state index contributed by atoms with van der Waals surface area (Å²) in [4.78, 5) is 16.2. The standard InChI is InChI=1S/C16H13N3O2S2/c20-12-7-5-11(6-8-12)9-17-19-15(21)10-22-16-18-13-3-1-2-4-14(13)23-16/h1-9,20H,10H2,(H,19,21). The highest BCUT2D eigenvalue weighted by Crippen LogP contribution is 2.28. The number of benzene rings is 2. The Bertz CT molecular complexity index is 811. The minimum absolute atomic E-state index is 0.190. The molecule has 0 aliphatic rings. The number of nitrogens with zero attached hydrogens (tertiary/aromatic N) is 2. The Labute approximate surface area is 141 Å². The molecule has 7 heteroatoms. The second-order valence-electron chi connectivity index (χ2n) is 4.62. The van der Waals surface area contributed by atoms with E-state index in [1.54, 1.807) is 35.6 Å². The third kappa shape index (κ3) is 4.30. The molecule has 0 atom stereocenters. The van der Waals surface area contributed by atoms with E-state index in [0.717, 1.165) is 20.1 Å². The zero-order valence-corrected chi connectivity index (χ0v) is 13.6. The Kier molecular flexibility index (Phi) is 4.89. The van der Waals surface area contributed by atoms with Crippen molar-refractivity contribution in [3.8, 4) is 5.75 Å². The molecule has 0 saturated heterocycles. The van der Waals surface area contributed by atoms with Crippen molar-refractivity contribution in [2.24, 2.45) is 5.10 Å². The van der Waals surface area contributed by atoms with Crippen LogP contribution in [0.1, 0.15) is 5.56 Å². The maximum absolute atomic E-state index is 11.8. The van der Waals surface area contributed by atoms with Crippen LogP contribution in [-0.2, 0) is 4.79 Å². The normalized spacial score (nSPS) is 11.1. The molecule has 3 rings (SSSR count). The molecule has 1 amide bonds. The quantitative estimate of drug-likeness (QED) is 0.424. The number of nitrogens with one attached hydrogen (secondary N) is 1. The summed E-state index contributed by atoms with van der Waals surface area (Å²) in [5, 5.41) is 13.1. The summed E-state index contributed by atoms with van der Waals surface area (Å²) < 4.78 is 1.98. The van der Waals surface area contributed by atoms with Gasteiger partial charge < -0.3 is 5.11 Å². The van der Waals surface area contributed by atoms with Gasteiger partial charge in [-0.25, -0.2) is 10.4 Å². The highest BCUT2D eigenvalue weighted by molar-refractivity contribution is 8.01. The van der Waals surface area contributed by atoms with Crippen LogP contribution in [0.4, 0.5) is 0 Å². The third-order valence-corrected chi connectivity index (χ3v) is 5.08. The zero-order chi connectivity index (χ0) is 16.1. The van der Waals surface area contributed by atoms with Crippen molar-refractivity contribution in [3.63, 3.8) is 0 Å². The van der Waals surface area contributed by atoms with Gasteiger partial charge in [0.1, 0.15) is 5.75 Å². The van der Waals surface area contributed by atoms with Gasteiger partial charge in [-0.2, -0.15) is 5.10 Å². The van der Waals surface area contributed by atoms with Gasteiger partial charge in [0.25, 0.3) is 5.91 Å². The first kappa shape index (κ1) is 15.5. The van der Waals surface area contributed by atoms with E-state index in [1.165, 1.54) is 18.0 Å². The van der Waals surface area contributed by atoms with Gasteiger partial charge in [0.05, 0.1) is 22.2 Å². The smallest absolute Gasteiger partial charge is 0.250 e. The lowest BCUT2D eigenvalue weighted by Gasteiger charge is -1.98. The summed E-state index contributed by atoms with van der Waals surface area (Å²) in [5.74, 6) is 0.259. The topological polar surface area (TPSA) is 74.6 Å². The van der Waals surface area contributed by atoms with Crippen LogP contribution in [0.15, 0.2) is 58.0 Å². The van der Waals surface area contributed by atoms with E-state index in [9.17, 15) is 9.90 Å². The SMILES string of the molecule is O=C(CSc1nc2ccccc2s1)NN=Cc1ccc(O)cc1. The van der Waals surface area contributed by atoms with Crippen LogP contribution in [0.2, 0.25) is 0 Å². The summed E-state index contributed by atoms with van der Waals surface area (Å²) in [7, 11) is 0. The number of carbonyl (C=O) groups is 1. The highest BCUT2D eigenvalue weighted by atomic mass is 32.2. The van der Waals surface area contributed by atoms with E-state index in [0.29, 0.717) is 0 Å². The number of para-hydroxylation sites is 1. The van der Waals surface area contributed by atoms with E-state index in [2.05, 4.69) is 15.5 Å². The molecule has 0 aliphatic heterocycles. The van der Waals surface area contributed by atoms with Crippen LogP contribution in [0.25, 0.3) is 10.2 Å². The van der Waals surface area contributed by atoms with Crippen molar-refractivity contribution in [2.45, 2.75) is 4.34 Å². The Morgan fingerprint density at radius 1 is 1.26 bits per heavy atom. The fourth-order valence-electron chi connectivity index (χ4n) is 1.81. The summed E-state index contributed by atoms with van der Waals surface area (Å²) in [5.41, 5.74) is 4.22. The number of fused-ring (bicyclic) bond motifs is 1. The van der Waals surface area contributed by atoms with Crippen molar-refractivity contribution < 1.29 is 9.90 Å². The molecule has 1 heterocycles. The predicted octanol–water partition coefficient (Wildman–Crippen LogP) is 3.24. The lowest BCUT2D eigenvalue weighted by Crippen LogP contribution is -2.19. The van der Waals surface area contributed by atoms with E-state index in [-0.39, 0.29) is 17.4 Å². The lowest BCUT2D eigenvalue weighted by atomic mass is 10.2. The maximum atomic E-state index is 11.8. The maximum Gasteiger partial charge on any atom is 0.250 e. The molecule has 116 valence electrons. The number of aromatic nitrogens is 1. The molecule has 0 fully saturated rings. The fraction of sp³-hybridized carbons (Fsp3) is 0.0625. The fourth-order valence-corrected chi connectivity index (χ4v) is 3.67. The van der Waals surface area contributed by atoms with Crippen molar-refractivity contribution in [3.05, 3.63) is 54.1 Å². The Balaban J connectivity index is 1.50. The summed E-state index contributed by atoms with van der Waals surface area (Å²) >= 11 is 2.96. The van der Waals surface area contributed by atoms with Crippen LogP contribution in [0, 0.1) is 0 Å². The molecule has 23 heavy (non-hydrogen) atoms. The van der Waals surface area contributed by atoms with Crippen molar-refractivity contribution >= 4 is 45.4 Å². The van der Waals surface area contributed by atoms with Gasteiger partial charge in [-0.1, -0.05) is 23.9 Å². The third-order valence-electron chi connectivity index (χ3n) is 2.90. The predicted molar refractivity (Wildman–Crippen MR) is 94.2 cm³/mol. The van der Waals surface area contributed by atoms with Crippen LogP contribution in [0.3, 0.4) is 0 Å². The number of carbonyl (C=O) groups excluding carboxylic acids is 1. The molecule has 3 aromatic rings. The van der Waals surface area contributed by atoms with Gasteiger partial charge in [-0.05, 0) is 42.0 Å². The number of rotatable bonds is 5. The minimum Gasteiger partial charge on any atom is -0.508 e. The molecule has 0 bridgehead atoms. The van der Waals surface area contributed by atoms with Gasteiger partial charge >= 0.3 is 0 Å². The van der Waals surface area contributed by atoms with Gasteiger partial charge in [-0.15, -0.1) is 11.3 Å². The van der Waals surface area contributed by atoms with Crippen LogP contribution < -0.4 is 5.43 Å². The average molecular weight is 343 g/mol. The second kappa shape index (κ2) is 7.26. The molecule has 1 aromatic heterocycles. The molecule has 0 spiro atoms. The Morgan fingerprint density at radius 3 is 2.83 bits per heavy atom. The van der Waals surface area contributed by atoms with Gasteiger partial charge in [0, 0.05) is 0 Å². The molecular formula is C16H13N3O2S2. The molecule has 5 nitrogen and oxygen atoms in total.